The Morgan fingerprint density at radius 1 is 0.942 bits per heavy atom. The number of hydrogen-bond donors (Lipinski definition) is 3. The number of fused-ring (bicyclic) bond motifs is 4. The molecule has 0 saturated carbocycles. The monoisotopic (exact) mass is 973 g/mol. The lowest BCUT2D eigenvalue weighted by atomic mass is 9.88. The fraction of sp³-hybridized carbons (Fsp3) is 0.480. The van der Waals surface area contributed by atoms with Gasteiger partial charge in [-0.1, -0.05) is 39.8 Å². The average molecular weight is 975 g/mol. The zero-order chi connectivity index (χ0) is 49.9. The molecular weight excluding hydrogens is 910 g/mol. The van der Waals surface area contributed by atoms with E-state index in [4.69, 9.17) is 35.0 Å². The van der Waals surface area contributed by atoms with Gasteiger partial charge in [0.05, 0.1) is 25.5 Å². The average Bonchev–Trinajstić information content (AvgIpc) is 4.04. The molecule has 5 aromatic rings. The van der Waals surface area contributed by atoms with Crippen LogP contribution in [0.3, 0.4) is 0 Å². The van der Waals surface area contributed by atoms with Gasteiger partial charge in [0.25, 0.3) is 5.91 Å². The number of aryl methyl sites for hydroxylation is 1. The number of alkyl halides is 1. The molecule has 4 amide bonds. The molecular formula is C50H64ClN7O11. The number of aromatic amines is 1. The molecule has 18 nitrogen and oxygen atoms in total. The van der Waals surface area contributed by atoms with Crippen LogP contribution in [-0.2, 0) is 25.7 Å². The van der Waals surface area contributed by atoms with Crippen molar-refractivity contribution in [3.05, 3.63) is 77.3 Å². The molecule has 19 heteroatoms. The molecule has 0 spiro atoms. The number of ether oxygens (including phenoxy) is 4. The Labute approximate surface area is 407 Å². The topological polar surface area (TPSA) is 209 Å². The van der Waals surface area contributed by atoms with Crippen LogP contribution in [0.5, 0.6) is 11.5 Å². The van der Waals surface area contributed by atoms with E-state index in [1.54, 1.807) is 55.1 Å². The van der Waals surface area contributed by atoms with Gasteiger partial charge in [-0.15, -0.1) is 11.6 Å². The number of aliphatic hydroxyl groups is 1. The van der Waals surface area contributed by atoms with E-state index in [0.29, 0.717) is 52.0 Å². The van der Waals surface area contributed by atoms with Crippen molar-refractivity contribution in [2.45, 2.75) is 53.6 Å². The smallest absolute Gasteiger partial charge is 0.415 e. The quantitative estimate of drug-likeness (QED) is 0.0430. The zero-order valence-corrected chi connectivity index (χ0v) is 41.4. The number of likely N-dealkylation sites (N-methyl/N-ethyl adjacent to an activating group) is 2. The highest BCUT2D eigenvalue weighted by molar-refractivity contribution is 6.19. The first-order valence-corrected chi connectivity index (χ1v) is 23.7. The van der Waals surface area contributed by atoms with Crippen LogP contribution in [-0.4, -0.2) is 146 Å². The van der Waals surface area contributed by atoms with Gasteiger partial charge in [-0.05, 0) is 62.0 Å². The summed E-state index contributed by atoms with van der Waals surface area (Å²) >= 11 is 6.53. The molecule has 0 saturated heterocycles. The van der Waals surface area contributed by atoms with Crippen molar-refractivity contribution in [1.82, 2.24) is 24.7 Å². The molecule has 1 unspecified atom stereocenters. The first-order valence-electron chi connectivity index (χ1n) is 23.2. The van der Waals surface area contributed by atoms with Gasteiger partial charge in [0, 0.05) is 105 Å². The number of nitrogens with zero attached hydrogens (tertiary/aromatic N) is 5. The maximum atomic E-state index is 14.3. The summed E-state index contributed by atoms with van der Waals surface area (Å²) in [6.45, 7) is 10.7. The number of amides is 4. The highest BCUT2D eigenvalue weighted by atomic mass is 35.5. The molecule has 3 heterocycles. The van der Waals surface area contributed by atoms with Crippen molar-refractivity contribution in [2.24, 2.45) is 17.8 Å². The lowest BCUT2D eigenvalue weighted by Crippen LogP contribution is -2.42. The highest BCUT2D eigenvalue weighted by Crippen LogP contribution is 2.46. The van der Waals surface area contributed by atoms with Crippen LogP contribution in [0.4, 0.5) is 21.0 Å². The predicted molar refractivity (Wildman–Crippen MR) is 262 cm³/mol. The molecule has 1 aliphatic rings. The van der Waals surface area contributed by atoms with E-state index in [-0.39, 0.29) is 112 Å². The summed E-state index contributed by atoms with van der Waals surface area (Å²) in [5.41, 5.74) is 4.11. The molecule has 1 aliphatic heterocycles. The number of rotatable bonds is 23. The molecule has 0 aliphatic carbocycles. The minimum Gasteiger partial charge on any atom is -0.492 e. The third-order valence-corrected chi connectivity index (χ3v) is 12.6. The van der Waals surface area contributed by atoms with Crippen LogP contribution in [0.25, 0.3) is 22.0 Å². The van der Waals surface area contributed by atoms with E-state index in [0.717, 1.165) is 17.4 Å². The van der Waals surface area contributed by atoms with Crippen molar-refractivity contribution >= 4 is 74.8 Å². The second kappa shape index (κ2) is 23.9. The van der Waals surface area contributed by atoms with Crippen LogP contribution >= 0.6 is 11.6 Å². The Morgan fingerprint density at radius 2 is 1.70 bits per heavy atom. The van der Waals surface area contributed by atoms with Crippen molar-refractivity contribution in [3.8, 4) is 11.5 Å². The van der Waals surface area contributed by atoms with Gasteiger partial charge in [-0.25, -0.2) is 14.6 Å². The van der Waals surface area contributed by atoms with E-state index in [2.05, 4.69) is 15.3 Å². The zero-order valence-electron chi connectivity index (χ0n) is 40.6. The molecule has 2 aromatic heterocycles. The van der Waals surface area contributed by atoms with E-state index >= 15 is 0 Å². The summed E-state index contributed by atoms with van der Waals surface area (Å²) < 4.78 is 29.0. The van der Waals surface area contributed by atoms with Gasteiger partial charge in [0.15, 0.2) is 17.2 Å². The number of oxazole rings is 1. The second-order valence-corrected chi connectivity index (χ2v) is 18.3. The number of benzene rings is 3. The number of halogens is 1. The third kappa shape index (κ3) is 13.3. The van der Waals surface area contributed by atoms with Gasteiger partial charge < -0.3 is 58.4 Å². The maximum Gasteiger partial charge on any atom is 0.415 e. The number of carbonyl (C=O) groups is 5. The Bertz CT molecular complexity index is 2590. The summed E-state index contributed by atoms with van der Waals surface area (Å²) in [6.07, 6.45) is -1.28. The van der Waals surface area contributed by atoms with E-state index < -0.39 is 18.1 Å². The van der Waals surface area contributed by atoms with Crippen molar-refractivity contribution in [1.29, 1.82) is 0 Å². The van der Waals surface area contributed by atoms with Gasteiger partial charge in [-0.3, -0.25) is 14.4 Å². The normalized spacial score (nSPS) is 14.3. The number of hydrogen-bond acceptors (Lipinski definition) is 13. The van der Waals surface area contributed by atoms with Gasteiger partial charge in [0.1, 0.15) is 36.0 Å². The molecule has 0 fully saturated rings. The fourth-order valence-electron chi connectivity index (χ4n) is 7.72. The van der Waals surface area contributed by atoms with Crippen LogP contribution in [0.15, 0.2) is 59.0 Å². The maximum absolute atomic E-state index is 14.3. The third-order valence-electron chi connectivity index (χ3n) is 12.2. The number of H-pyrrole nitrogens is 1. The van der Waals surface area contributed by atoms with Crippen LogP contribution < -0.4 is 19.7 Å². The Morgan fingerprint density at radius 3 is 2.39 bits per heavy atom. The summed E-state index contributed by atoms with van der Waals surface area (Å²) in [4.78, 5) is 81.0. The summed E-state index contributed by atoms with van der Waals surface area (Å²) in [5.74, 6) is -0.0472. The summed E-state index contributed by atoms with van der Waals surface area (Å²) in [7, 11) is 5.48. The Kier molecular flexibility index (Phi) is 18.1. The molecule has 3 aromatic carbocycles. The van der Waals surface area contributed by atoms with E-state index in [1.807, 2.05) is 58.0 Å². The van der Waals surface area contributed by atoms with Crippen molar-refractivity contribution < 1.29 is 52.4 Å². The number of Topliss-reactive ketones (excluding diaryl/α,β-unsaturated/α-hetero) is 1. The predicted octanol–water partition coefficient (Wildman–Crippen LogP) is 7.44. The van der Waals surface area contributed by atoms with Gasteiger partial charge in [0.2, 0.25) is 5.91 Å². The van der Waals surface area contributed by atoms with E-state index in [9.17, 15) is 29.1 Å². The highest BCUT2D eigenvalue weighted by Gasteiger charge is 2.38. The Hall–Kier alpha value is -6.21. The van der Waals surface area contributed by atoms with E-state index in [1.165, 1.54) is 16.8 Å². The molecule has 3 atom stereocenters. The lowest BCUT2D eigenvalue weighted by molar-refractivity contribution is -0.128. The molecule has 69 heavy (non-hydrogen) atoms. The van der Waals surface area contributed by atoms with Crippen LogP contribution in [0.1, 0.15) is 67.5 Å². The number of anilines is 2. The summed E-state index contributed by atoms with van der Waals surface area (Å²) in [5, 5.41) is 12.9. The minimum atomic E-state index is -0.790. The van der Waals surface area contributed by atoms with Crippen molar-refractivity contribution in [2.75, 3.05) is 96.4 Å². The number of aliphatic hydroxyl groups excluding tert-OH is 1. The first-order chi connectivity index (χ1) is 33.0. The lowest BCUT2D eigenvalue weighted by Gasteiger charge is -2.25. The molecule has 3 N–H and O–H groups in total. The molecule has 6 rings (SSSR count). The SMILES string of the molecule is Cc1nc2c3c(cc(OC(=O)N(CCOCCO)CCN(C)C(=O)OCc4ccc(NC(=O)[C@H](C)CC(=O)[C@@H](C)C(C)C)cc4)c2o1)N(C(=O)c1cc2cc(OCCN(C)C)ccc2[nH]1)CC3CCl. The number of carbonyl (C=O) groups excluding carboxylic acids is 5. The minimum absolute atomic E-state index is 0.00690. The standard InChI is InChI=1S/C50H64ClN7O11/c1-30(2)32(4)42(60)23-31(3)47(61)53-37-11-9-34(10-12-37)29-67-49(63)56(8)15-16-57(18-20-65-22-19-59)50(64)69-43-26-41-44(45-46(43)68-33(5)52-45)36(27-51)28-58(41)48(62)40-25-35-24-38(13-14-39(35)54-40)66-21-17-55(6)7/h9-14,24-26,30-32,36,54,59H,15-23,27-29H2,1-8H3,(H,53,61)/t31-,32+,36?/m1/s1. The summed E-state index contributed by atoms with van der Waals surface area (Å²) in [6, 6.07) is 15.8. The first kappa shape index (κ1) is 52.2. The Balaban J connectivity index is 1.11. The molecule has 0 radical (unpaired) electrons. The molecule has 0 bridgehead atoms. The number of aromatic nitrogens is 2. The number of ketones is 1. The number of nitrogens with one attached hydrogen (secondary N) is 2. The van der Waals surface area contributed by atoms with Crippen molar-refractivity contribution in [3.63, 3.8) is 0 Å². The van der Waals surface area contributed by atoms with Crippen LogP contribution in [0, 0.1) is 24.7 Å². The largest absolute Gasteiger partial charge is 0.492 e. The van der Waals surface area contributed by atoms with Gasteiger partial charge in [-0.2, -0.15) is 0 Å². The second-order valence-electron chi connectivity index (χ2n) is 18.0. The van der Waals surface area contributed by atoms with Crippen LogP contribution in [0.2, 0.25) is 0 Å². The molecule has 372 valence electrons. The van der Waals surface area contributed by atoms with Gasteiger partial charge >= 0.3 is 12.2 Å². The fourth-order valence-corrected chi connectivity index (χ4v) is 7.97.